The number of aryl methyl sites for hydroxylation is 1. The Morgan fingerprint density at radius 1 is 1.21 bits per heavy atom. The van der Waals surface area contributed by atoms with Crippen molar-refractivity contribution in [3.8, 4) is 0 Å². The summed E-state index contributed by atoms with van der Waals surface area (Å²) in [7, 11) is 0. The number of nitrogens with one attached hydrogen (secondary N) is 1. The molecule has 2 saturated heterocycles. The molecule has 0 aliphatic carbocycles. The van der Waals surface area contributed by atoms with Gasteiger partial charge < -0.3 is 20.1 Å². The quantitative estimate of drug-likeness (QED) is 0.830. The first-order chi connectivity index (χ1) is 13.3. The van der Waals surface area contributed by atoms with Crippen molar-refractivity contribution in [2.24, 2.45) is 0 Å². The molecule has 6 nitrogen and oxygen atoms in total. The van der Waals surface area contributed by atoms with Crippen molar-refractivity contribution in [3.05, 3.63) is 35.4 Å². The Bertz CT molecular complexity index is 710. The van der Waals surface area contributed by atoms with E-state index in [0.717, 1.165) is 12.8 Å². The number of nitrogens with zero attached hydrogens (tertiary/aromatic N) is 1. The molecule has 0 saturated carbocycles. The number of hydrogen-bond acceptors (Lipinski definition) is 4. The lowest BCUT2D eigenvalue weighted by Crippen LogP contribution is -2.69. The summed E-state index contributed by atoms with van der Waals surface area (Å²) in [5, 5.41) is 13.9. The number of benzene rings is 1. The molecule has 0 radical (unpaired) electrons. The van der Waals surface area contributed by atoms with Crippen LogP contribution in [-0.2, 0) is 16.0 Å². The fourth-order valence-electron chi connectivity index (χ4n) is 4.59. The zero-order valence-electron chi connectivity index (χ0n) is 17.2. The van der Waals surface area contributed by atoms with Gasteiger partial charge in [-0.1, -0.05) is 25.5 Å². The first kappa shape index (κ1) is 20.8. The van der Waals surface area contributed by atoms with E-state index < -0.39 is 17.2 Å². The summed E-state index contributed by atoms with van der Waals surface area (Å²) >= 11 is 0. The normalized spacial score (nSPS) is 26.9. The van der Waals surface area contributed by atoms with Crippen LogP contribution in [0.15, 0.2) is 24.3 Å². The maximum absolute atomic E-state index is 12.9. The van der Waals surface area contributed by atoms with Crippen LogP contribution in [0.1, 0.15) is 62.4 Å². The number of hydrogen-bond donors (Lipinski definition) is 2. The summed E-state index contributed by atoms with van der Waals surface area (Å²) in [6.07, 6.45) is 2.99. The summed E-state index contributed by atoms with van der Waals surface area (Å²) in [6.45, 7) is 7.03. The topological polar surface area (TPSA) is 78.9 Å². The first-order valence-electron chi connectivity index (χ1n) is 10.3. The van der Waals surface area contributed by atoms with Crippen molar-refractivity contribution in [2.45, 2.75) is 70.1 Å². The molecule has 0 aromatic heterocycles. The molecule has 2 aliphatic rings. The number of ether oxygens (including phenoxy) is 1. The van der Waals surface area contributed by atoms with Gasteiger partial charge in [-0.15, -0.1) is 0 Å². The second-order valence-corrected chi connectivity index (χ2v) is 8.40. The number of aliphatic hydroxyl groups is 1. The number of rotatable bonds is 4. The molecule has 2 atom stereocenters. The van der Waals surface area contributed by atoms with Gasteiger partial charge >= 0.3 is 0 Å². The van der Waals surface area contributed by atoms with Crippen LogP contribution < -0.4 is 5.32 Å². The van der Waals surface area contributed by atoms with Gasteiger partial charge in [0.2, 0.25) is 5.91 Å². The predicted octanol–water partition coefficient (Wildman–Crippen LogP) is 2.29. The number of amides is 2. The van der Waals surface area contributed by atoms with Gasteiger partial charge in [-0.25, -0.2) is 0 Å². The van der Waals surface area contributed by atoms with E-state index in [1.165, 1.54) is 12.5 Å². The van der Waals surface area contributed by atoms with Crippen LogP contribution in [-0.4, -0.2) is 58.8 Å². The molecule has 3 rings (SSSR count). The highest BCUT2D eigenvalue weighted by Crippen LogP contribution is 2.40. The highest BCUT2D eigenvalue weighted by atomic mass is 16.5. The number of likely N-dealkylation sites (tertiary alicyclic amines) is 1. The molecular formula is C22H32N2O4. The highest BCUT2D eigenvalue weighted by Gasteiger charge is 2.53. The minimum Gasteiger partial charge on any atom is -0.388 e. The molecule has 1 unspecified atom stereocenters. The van der Waals surface area contributed by atoms with Crippen LogP contribution in [0.4, 0.5) is 0 Å². The molecule has 1 aromatic rings. The monoisotopic (exact) mass is 388 g/mol. The Hall–Kier alpha value is -1.92. The molecule has 28 heavy (non-hydrogen) atoms. The zero-order valence-corrected chi connectivity index (χ0v) is 17.2. The van der Waals surface area contributed by atoms with E-state index in [1.807, 2.05) is 36.1 Å². The Kier molecular flexibility index (Phi) is 6.10. The van der Waals surface area contributed by atoms with Crippen LogP contribution in [0.25, 0.3) is 0 Å². The molecule has 2 aliphatic heterocycles. The second-order valence-electron chi connectivity index (χ2n) is 8.40. The molecular weight excluding hydrogens is 356 g/mol. The van der Waals surface area contributed by atoms with Gasteiger partial charge in [0.1, 0.15) is 6.10 Å². The average Bonchev–Trinajstić information content (AvgIpc) is 2.67. The molecule has 6 heteroatoms. The fraction of sp³-hybridized carbons (Fsp3) is 0.636. The van der Waals surface area contributed by atoms with E-state index >= 15 is 0 Å². The third-order valence-corrected chi connectivity index (χ3v) is 6.21. The molecule has 2 amide bonds. The van der Waals surface area contributed by atoms with Gasteiger partial charge in [0, 0.05) is 32.2 Å². The summed E-state index contributed by atoms with van der Waals surface area (Å²) in [4.78, 5) is 26.3. The summed E-state index contributed by atoms with van der Waals surface area (Å²) in [5.41, 5.74) is 0.527. The minimum absolute atomic E-state index is 0.0211. The lowest BCUT2D eigenvalue weighted by molar-refractivity contribution is -0.205. The Labute approximate surface area is 167 Å². The summed E-state index contributed by atoms with van der Waals surface area (Å²) < 4.78 is 6.03. The average molecular weight is 389 g/mol. The van der Waals surface area contributed by atoms with E-state index in [-0.39, 0.29) is 11.8 Å². The zero-order chi connectivity index (χ0) is 20.4. The highest BCUT2D eigenvalue weighted by molar-refractivity contribution is 5.94. The van der Waals surface area contributed by atoms with Crippen molar-refractivity contribution in [1.29, 1.82) is 0 Å². The lowest BCUT2D eigenvalue weighted by atomic mass is 9.73. The predicted molar refractivity (Wildman–Crippen MR) is 107 cm³/mol. The van der Waals surface area contributed by atoms with Crippen molar-refractivity contribution in [1.82, 2.24) is 10.2 Å². The number of piperidine rings is 1. The maximum atomic E-state index is 12.9. The SMILES string of the molecule is CCCc1ccc(C(=O)N2CCC3(CC2)OCC[C@@](C)(NC(C)=O)C3O)cc1. The third-order valence-electron chi connectivity index (χ3n) is 6.21. The van der Waals surface area contributed by atoms with E-state index in [9.17, 15) is 14.7 Å². The van der Waals surface area contributed by atoms with Gasteiger partial charge in [-0.2, -0.15) is 0 Å². The number of carbonyl (C=O) groups is 2. The number of aliphatic hydroxyl groups excluding tert-OH is 1. The Morgan fingerprint density at radius 3 is 2.43 bits per heavy atom. The van der Waals surface area contributed by atoms with Crippen LogP contribution in [0.2, 0.25) is 0 Å². The molecule has 2 N–H and O–H groups in total. The fourth-order valence-corrected chi connectivity index (χ4v) is 4.59. The van der Waals surface area contributed by atoms with Crippen molar-refractivity contribution >= 4 is 11.8 Å². The van der Waals surface area contributed by atoms with Gasteiger partial charge in [0.05, 0.1) is 11.1 Å². The number of carbonyl (C=O) groups excluding carboxylic acids is 2. The van der Waals surface area contributed by atoms with Gasteiger partial charge in [0.25, 0.3) is 5.91 Å². The van der Waals surface area contributed by atoms with Crippen molar-refractivity contribution < 1.29 is 19.4 Å². The van der Waals surface area contributed by atoms with Gasteiger partial charge in [-0.05, 0) is 50.3 Å². The molecule has 2 heterocycles. The molecule has 0 bridgehead atoms. The van der Waals surface area contributed by atoms with E-state index in [2.05, 4.69) is 12.2 Å². The molecule has 1 spiro atoms. The van der Waals surface area contributed by atoms with Crippen LogP contribution in [0, 0.1) is 0 Å². The smallest absolute Gasteiger partial charge is 0.253 e. The molecule has 154 valence electrons. The van der Waals surface area contributed by atoms with Crippen LogP contribution in [0.5, 0.6) is 0 Å². The standard InChI is InChI=1S/C22H32N2O4/c1-4-5-17-6-8-18(9-7-17)19(26)24-13-10-22(11-14-24)20(27)21(3,12-15-28-22)23-16(2)25/h6-9,20,27H,4-5,10-15H2,1-3H3,(H,23,25)/t20?,21-/m1/s1. The molecule has 1 aromatic carbocycles. The second kappa shape index (κ2) is 8.21. The van der Waals surface area contributed by atoms with Gasteiger partial charge in [-0.3, -0.25) is 9.59 Å². The molecule has 2 fully saturated rings. The first-order valence-corrected chi connectivity index (χ1v) is 10.3. The summed E-state index contributed by atoms with van der Waals surface area (Å²) in [5.74, 6) is -0.134. The van der Waals surface area contributed by atoms with Crippen molar-refractivity contribution in [3.63, 3.8) is 0 Å². The van der Waals surface area contributed by atoms with Crippen LogP contribution >= 0.6 is 0 Å². The lowest BCUT2D eigenvalue weighted by Gasteiger charge is -2.53. The van der Waals surface area contributed by atoms with E-state index in [4.69, 9.17) is 4.74 Å². The van der Waals surface area contributed by atoms with E-state index in [1.54, 1.807) is 0 Å². The Balaban J connectivity index is 1.66. The Morgan fingerprint density at radius 2 is 1.86 bits per heavy atom. The summed E-state index contributed by atoms with van der Waals surface area (Å²) in [6, 6.07) is 7.85. The van der Waals surface area contributed by atoms with E-state index in [0.29, 0.717) is 44.5 Å². The maximum Gasteiger partial charge on any atom is 0.253 e. The third kappa shape index (κ3) is 4.08. The van der Waals surface area contributed by atoms with Gasteiger partial charge in [0.15, 0.2) is 0 Å². The minimum atomic E-state index is -0.803. The largest absolute Gasteiger partial charge is 0.388 e. The van der Waals surface area contributed by atoms with Crippen LogP contribution in [0.3, 0.4) is 0 Å². The van der Waals surface area contributed by atoms with Crippen molar-refractivity contribution in [2.75, 3.05) is 19.7 Å².